The molecule has 0 fully saturated rings. The van der Waals surface area contributed by atoms with Crippen LogP contribution in [0.5, 0.6) is 0 Å². The Labute approximate surface area is 209 Å². The molecule has 0 saturated carbocycles. The summed E-state index contributed by atoms with van der Waals surface area (Å²) in [5, 5.41) is 2.75. The average Bonchev–Trinajstić information content (AvgIpc) is 2.70. The van der Waals surface area contributed by atoms with Gasteiger partial charge in [0.15, 0.2) is 0 Å². The number of carbonyl (C=O) groups excluding carboxylic acids is 2. The molecule has 0 radical (unpaired) electrons. The van der Waals surface area contributed by atoms with E-state index in [1.807, 2.05) is 39.0 Å². The number of alkyl carbamates (subject to hydrolysis) is 1. The zero-order valence-corrected chi connectivity index (χ0v) is 22.5. The molecule has 0 spiro atoms. The van der Waals surface area contributed by atoms with Crippen molar-refractivity contribution in [2.75, 3.05) is 0 Å². The molecule has 186 valence electrons. The molecule has 2 aromatic carbocycles. The van der Waals surface area contributed by atoms with Crippen LogP contribution in [-0.4, -0.2) is 29.3 Å². The Bertz CT molecular complexity index is 959. The molecule has 1 atom stereocenters. The third-order valence-corrected chi connectivity index (χ3v) is 5.86. The van der Waals surface area contributed by atoms with Crippen molar-refractivity contribution in [1.29, 1.82) is 0 Å². The van der Waals surface area contributed by atoms with Gasteiger partial charge in [-0.25, -0.2) is 9.59 Å². The van der Waals surface area contributed by atoms with Crippen LogP contribution in [-0.2, 0) is 26.4 Å². The molecule has 0 aliphatic carbocycles. The van der Waals surface area contributed by atoms with Crippen molar-refractivity contribution in [3.05, 3.63) is 65.2 Å². The molecule has 5 nitrogen and oxygen atoms in total. The van der Waals surface area contributed by atoms with Crippen molar-refractivity contribution < 1.29 is 19.1 Å². The molecule has 0 aliphatic heterocycles. The second-order valence-corrected chi connectivity index (χ2v) is 11.8. The Balaban J connectivity index is 2.29. The van der Waals surface area contributed by atoms with E-state index in [2.05, 4.69) is 49.5 Å². The van der Waals surface area contributed by atoms with Gasteiger partial charge in [-0.3, -0.25) is 0 Å². The van der Waals surface area contributed by atoms with E-state index >= 15 is 0 Å². The first-order valence-corrected chi connectivity index (χ1v) is 12.7. The second-order valence-electron chi connectivity index (χ2n) is 10.7. The highest BCUT2D eigenvalue weighted by molar-refractivity contribution is 7.98. The third-order valence-electron chi connectivity index (χ3n) is 4.79. The molecule has 34 heavy (non-hydrogen) atoms. The van der Waals surface area contributed by atoms with E-state index in [4.69, 9.17) is 9.47 Å². The Morgan fingerprint density at radius 3 is 2.09 bits per heavy atom. The summed E-state index contributed by atoms with van der Waals surface area (Å²) in [4.78, 5) is 26.7. The van der Waals surface area contributed by atoms with Crippen molar-refractivity contribution >= 4 is 23.8 Å². The topological polar surface area (TPSA) is 64.6 Å². The van der Waals surface area contributed by atoms with E-state index < -0.39 is 29.3 Å². The van der Waals surface area contributed by atoms with E-state index in [0.717, 1.165) is 21.8 Å². The highest BCUT2D eigenvalue weighted by Gasteiger charge is 2.30. The van der Waals surface area contributed by atoms with E-state index in [-0.39, 0.29) is 5.92 Å². The summed E-state index contributed by atoms with van der Waals surface area (Å²) in [5.41, 5.74) is 2.07. The summed E-state index contributed by atoms with van der Waals surface area (Å²) < 4.78 is 11.0. The van der Waals surface area contributed by atoms with Crippen LogP contribution in [0.25, 0.3) is 0 Å². The molecule has 2 aromatic rings. The molecule has 0 heterocycles. The normalized spacial score (nSPS) is 12.9. The van der Waals surface area contributed by atoms with Gasteiger partial charge < -0.3 is 14.8 Å². The highest BCUT2D eigenvalue weighted by atomic mass is 32.2. The first-order valence-electron chi connectivity index (χ1n) is 11.8. The minimum Gasteiger partial charge on any atom is -0.458 e. The van der Waals surface area contributed by atoms with Gasteiger partial charge in [0.2, 0.25) is 0 Å². The molecule has 0 saturated heterocycles. The number of ether oxygens (including phenoxy) is 2. The maximum Gasteiger partial charge on any atom is 0.408 e. The van der Waals surface area contributed by atoms with Crippen molar-refractivity contribution in [1.82, 2.24) is 5.32 Å². The first-order chi connectivity index (χ1) is 15.7. The number of hydrogen-bond donors (Lipinski definition) is 1. The predicted octanol–water partition coefficient (Wildman–Crippen LogP) is 6.88. The number of amides is 1. The van der Waals surface area contributed by atoms with Gasteiger partial charge in [0.05, 0.1) is 0 Å². The van der Waals surface area contributed by atoms with Crippen molar-refractivity contribution in [3.63, 3.8) is 0 Å². The Morgan fingerprint density at radius 1 is 0.912 bits per heavy atom. The fourth-order valence-corrected chi connectivity index (χ4v) is 4.30. The van der Waals surface area contributed by atoms with Crippen molar-refractivity contribution in [2.45, 2.75) is 95.6 Å². The molecular weight excluding hydrogens is 446 g/mol. The summed E-state index contributed by atoms with van der Waals surface area (Å²) in [7, 11) is 0. The van der Waals surface area contributed by atoms with E-state index in [0.29, 0.717) is 6.42 Å². The lowest BCUT2D eigenvalue weighted by molar-refractivity contribution is -0.157. The number of thioether (sulfide) groups is 1. The zero-order chi connectivity index (χ0) is 25.5. The number of esters is 1. The number of hydrogen-bond acceptors (Lipinski definition) is 5. The minimum absolute atomic E-state index is 0.268. The summed E-state index contributed by atoms with van der Waals surface area (Å²) in [5.74, 6) is 0.645. The average molecular weight is 486 g/mol. The van der Waals surface area contributed by atoms with Gasteiger partial charge in [-0.2, -0.15) is 0 Å². The maximum atomic E-state index is 13.0. The molecule has 6 heteroatoms. The summed E-state index contributed by atoms with van der Waals surface area (Å²) >= 11 is 1.75. The standard InChI is InChI=1S/C28H39NO4S/c1-19(2)23-15-14-22(34-18-20-12-10-9-11-13-20)16-21(23)17-24(25(30)32-27(3,4)5)29-26(31)33-28(6,7)8/h9-16,19,24H,17-18H2,1-8H3,(H,29,31)/t24-/m0/s1. The first kappa shape index (κ1) is 27.8. The lowest BCUT2D eigenvalue weighted by Gasteiger charge is -2.27. The number of nitrogens with one attached hydrogen (secondary N) is 1. The van der Waals surface area contributed by atoms with Gasteiger partial charge in [0.25, 0.3) is 0 Å². The fourth-order valence-electron chi connectivity index (χ4n) is 3.39. The summed E-state index contributed by atoms with van der Waals surface area (Å²) in [6, 6.07) is 15.8. The van der Waals surface area contributed by atoms with Gasteiger partial charge in [-0.1, -0.05) is 50.2 Å². The van der Waals surface area contributed by atoms with Crippen LogP contribution in [0.1, 0.15) is 78.0 Å². The predicted molar refractivity (Wildman–Crippen MR) is 139 cm³/mol. The molecular formula is C28H39NO4S. The van der Waals surface area contributed by atoms with Crippen LogP contribution < -0.4 is 5.32 Å². The van der Waals surface area contributed by atoms with Crippen LogP contribution >= 0.6 is 11.8 Å². The highest BCUT2D eigenvalue weighted by Crippen LogP contribution is 2.29. The van der Waals surface area contributed by atoms with Gasteiger partial charge in [-0.15, -0.1) is 11.8 Å². The summed E-state index contributed by atoms with van der Waals surface area (Å²) in [6.07, 6.45) is -0.314. The summed E-state index contributed by atoms with van der Waals surface area (Å²) in [6.45, 7) is 15.1. The fraction of sp³-hybridized carbons (Fsp3) is 0.500. The van der Waals surface area contributed by atoms with Crippen LogP contribution in [0.2, 0.25) is 0 Å². The molecule has 0 aromatic heterocycles. The zero-order valence-electron chi connectivity index (χ0n) is 21.7. The number of benzene rings is 2. The molecule has 1 N–H and O–H groups in total. The van der Waals surface area contributed by atoms with Gasteiger partial charge in [-0.05, 0) is 76.3 Å². The van der Waals surface area contributed by atoms with Gasteiger partial charge in [0, 0.05) is 17.1 Å². The molecule has 2 rings (SSSR count). The van der Waals surface area contributed by atoms with Gasteiger partial charge in [0.1, 0.15) is 17.2 Å². The van der Waals surface area contributed by atoms with E-state index in [9.17, 15) is 9.59 Å². The van der Waals surface area contributed by atoms with Crippen LogP contribution in [0.3, 0.4) is 0 Å². The van der Waals surface area contributed by atoms with E-state index in [1.54, 1.807) is 32.5 Å². The van der Waals surface area contributed by atoms with Crippen LogP contribution in [0, 0.1) is 0 Å². The maximum absolute atomic E-state index is 13.0. The lowest BCUT2D eigenvalue weighted by atomic mass is 9.93. The molecule has 0 aliphatic rings. The van der Waals surface area contributed by atoms with Crippen molar-refractivity contribution in [3.8, 4) is 0 Å². The van der Waals surface area contributed by atoms with Crippen molar-refractivity contribution in [2.24, 2.45) is 0 Å². The number of rotatable bonds is 8. The largest absolute Gasteiger partial charge is 0.458 e. The molecule has 0 bridgehead atoms. The molecule has 1 amide bonds. The lowest BCUT2D eigenvalue weighted by Crippen LogP contribution is -2.47. The van der Waals surface area contributed by atoms with E-state index in [1.165, 1.54) is 5.56 Å². The smallest absolute Gasteiger partial charge is 0.408 e. The Hall–Kier alpha value is -2.47. The Kier molecular flexibility index (Phi) is 9.63. The van der Waals surface area contributed by atoms with Gasteiger partial charge >= 0.3 is 12.1 Å². The Morgan fingerprint density at radius 2 is 1.53 bits per heavy atom. The molecule has 0 unspecified atom stereocenters. The third kappa shape index (κ3) is 9.80. The monoisotopic (exact) mass is 485 g/mol. The number of carbonyl (C=O) groups is 2. The quantitative estimate of drug-likeness (QED) is 0.326. The van der Waals surface area contributed by atoms with Crippen LogP contribution in [0.4, 0.5) is 4.79 Å². The SMILES string of the molecule is CC(C)c1ccc(SCc2ccccc2)cc1C[C@H](NC(=O)OC(C)(C)C)C(=O)OC(C)(C)C. The minimum atomic E-state index is -0.860. The van der Waals surface area contributed by atoms with Crippen LogP contribution in [0.15, 0.2) is 53.4 Å². The second kappa shape index (κ2) is 11.8.